The molecule has 5 aliphatic rings. The van der Waals surface area contributed by atoms with E-state index in [4.69, 9.17) is 9.47 Å². The van der Waals surface area contributed by atoms with Gasteiger partial charge in [-0.05, 0) is 56.9 Å². The molecule has 4 fully saturated rings. The second-order valence-electron chi connectivity index (χ2n) is 10.3. The second-order valence-corrected chi connectivity index (χ2v) is 10.3. The lowest BCUT2D eigenvalue weighted by molar-refractivity contribution is -0.170. The zero-order valence-electron chi connectivity index (χ0n) is 20.5. The minimum Gasteiger partial charge on any atom is -0.374 e. The molecule has 0 unspecified atom stereocenters. The van der Waals surface area contributed by atoms with Gasteiger partial charge in [0.15, 0.2) is 0 Å². The summed E-state index contributed by atoms with van der Waals surface area (Å²) in [5, 5.41) is 3.38. The van der Waals surface area contributed by atoms with Gasteiger partial charge in [-0.2, -0.15) is 0 Å². The van der Waals surface area contributed by atoms with Gasteiger partial charge >= 0.3 is 0 Å². The van der Waals surface area contributed by atoms with Crippen LogP contribution >= 0.6 is 0 Å². The molecule has 9 heteroatoms. The molecule has 4 aliphatic heterocycles. The molecule has 1 saturated carbocycles. The summed E-state index contributed by atoms with van der Waals surface area (Å²) < 4.78 is 41.0. The maximum atomic E-state index is 14.9. The van der Waals surface area contributed by atoms with Crippen molar-refractivity contribution in [1.82, 2.24) is 4.98 Å². The van der Waals surface area contributed by atoms with E-state index >= 15 is 0 Å². The number of benzene rings is 1. The maximum absolute atomic E-state index is 14.9. The lowest BCUT2D eigenvalue weighted by Gasteiger charge is -2.46. The van der Waals surface area contributed by atoms with Crippen LogP contribution in [0.5, 0.6) is 0 Å². The molecule has 7 nitrogen and oxygen atoms in total. The molecule has 7 rings (SSSR count). The number of aromatic nitrogens is 1. The van der Waals surface area contributed by atoms with E-state index in [9.17, 15) is 13.6 Å². The second kappa shape index (κ2) is 9.27. The number of hydrogen-bond acceptors (Lipinski definition) is 6. The zero-order valence-corrected chi connectivity index (χ0v) is 20.5. The lowest BCUT2D eigenvalue weighted by atomic mass is 9.83. The van der Waals surface area contributed by atoms with Crippen molar-refractivity contribution >= 4 is 28.8 Å². The lowest BCUT2D eigenvalue weighted by Crippen LogP contribution is -2.54. The summed E-state index contributed by atoms with van der Waals surface area (Å²) in [6, 6.07) is 10.1. The summed E-state index contributed by atoms with van der Waals surface area (Å²) in [5.41, 5.74) is 3.32. The molecule has 1 aromatic heterocycles. The van der Waals surface area contributed by atoms with Gasteiger partial charge in [0.1, 0.15) is 11.9 Å². The van der Waals surface area contributed by atoms with Gasteiger partial charge in [-0.25, -0.2) is 13.8 Å². The van der Waals surface area contributed by atoms with Crippen molar-refractivity contribution in [1.29, 1.82) is 0 Å². The summed E-state index contributed by atoms with van der Waals surface area (Å²) >= 11 is 0. The van der Waals surface area contributed by atoms with E-state index in [1.165, 1.54) is 0 Å². The highest BCUT2D eigenvalue weighted by Crippen LogP contribution is 2.44. The van der Waals surface area contributed by atoms with E-state index in [1.54, 1.807) is 18.0 Å². The number of piperidine rings is 1. The number of nitrogens with zero attached hydrogens (tertiary/aromatic N) is 3. The summed E-state index contributed by atoms with van der Waals surface area (Å²) in [7, 11) is 0. The number of hydrogen-bond donors (Lipinski definition) is 1. The van der Waals surface area contributed by atoms with Crippen molar-refractivity contribution < 1.29 is 23.0 Å². The summed E-state index contributed by atoms with van der Waals surface area (Å²) in [4.78, 5) is 22.4. The van der Waals surface area contributed by atoms with E-state index in [2.05, 4.69) is 21.3 Å². The number of amides is 1. The number of carbonyl (C=O) groups is 1. The van der Waals surface area contributed by atoms with Crippen LogP contribution < -0.4 is 15.1 Å². The molecule has 3 saturated heterocycles. The minimum absolute atomic E-state index is 0.172. The van der Waals surface area contributed by atoms with Gasteiger partial charge < -0.3 is 24.6 Å². The molecule has 1 amide bonds. The number of nitrogens with one attached hydrogen (secondary N) is 1. The van der Waals surface area contributed by atoms with E-state index in [1.807, 2.05) is 24.3 Å². The molecular formula is C27H32F2N4O3. The fraction of sp³-hybridized carbons (Fsp3) is 0.556. The predicted octanol–water partition coefficient (Wildman–Crippen LogP) is 4.88. The number of halogens is 2. The van der Waals surface area contributed by atoms with E-state index in [-0.39, 0.29) is 31.6 Å². The van der Waals surface area contributed by atoms with Gasteiger partial charge in [-0.3, -0.25) is 4.79 Å². The standard InChI is InChI=1S/C27H32F2N4O3/c1-2-35-24-10-5-17(13-27(24,28)29)26(34)33-14-18-4-3-11-30-25(18)31-22-9-7-19(12-23(22)33)32-15-21-8-6-20(32)16-36-21/h3-4,7,9,11-12,17,20-21,24H,2,5-6,8,10,13-16H2,1H3,(H,30,31)/t17-,20+,21+,24-/m0/s1. The number of morpholine rings is 1. The molecular weight excluding hydrogens is 466 g/mol. The SMILES string of the molecule is CCO[C@H]1CC[C@H](C(=O)N2Cc3cccnc3Nc3ccc(N4C[C@H]5CC[C@@H]4CO5)cc32)CC1(F)F. The van der Waals surface area contributed by atoms with Crippen LogP contribution in [0.4, 0.5) is 31.7 Å². The Hall–Kier alpha value is -2.78. The van der Waals surface area contributed by atoms with Crippen molar-refractivity contribution in [2.75, 3.05) is 34.9 Å². The van der Waals surface area contributed by atoms with Crippen molar-refractivity contribution in [2.24, 2.45) is 5.92 Å². The molecule has 36 heavy (non-hydrogen) atoms. The summed E-state index contributed by atoms with van der Waals surface area (Å²) in [6.07, 6.45) is 3.00. The van der Waals surface area contributed by atoms with Crippen molar-refractivity contribution in [3.8, 4) is 0 Å². The van der Waals surface area contributed by atoms with E-state index < -0.39 is 24.4 Å². The van der Waals surface area contributed by atoms with Gasteiger partial charge in [0.2, 0.25) is 5.91 Å². The maximum Gasteiger partial charge on any atom is 0.274 e. The monoisotopic (exact) mass is 498 g/mol. The molecule has 5 heterocycles. The summed E-state index contributed by atoms with van der Waals surface area (Å²) in [5.74, 6) is -3.40. The van der Waals surface area contributed by atoms with Gasteiger partial charge in [-0.15, -0.1) is 0 Å². The molecule has 0 radical (unpaired) electrons. The van der Waals surface area contributed by atoms with Crippen LogP contribution in [0.25, 0.3) is 0 Å². The molecule has 1 aromatic carbocycles. The first-order chi connectivity index (χ1) is 17.4. The highest BCUT2D eigenvalue weighted by molar-refractivity contribution is 6.00. The Morgan fingerprint density at radius 3 is 2.86 bits per heavy atom. The summed E-state index contributed by atoms with van der Waals surface area (Å²) in [6.45, 7) is 3.76. The molecule has 1 aliphatic carbocycles. The fourth-order valence-corrected chi connectivity index (χ4v) is 6.12. The highest BCUT2D eigenvalue weighted by Gasteiger charge is 2.49. The smallest absolute Gasteiger partial charge is 0.274 e. The third-order valence-corrected chi connectivity index (χ3v) is 8.01. The first-order valence-electron chi connectivity index (χ1n) is 13.0. The van der Waals surface area contributed by atoms with E-state index in [0.29, 0.717) is 30.6 Å². The van der Waals surface area contributed by atoms with Crippen LogP contribution in [-0.4, -0.2) is 54.8 Å². The van der Waals surface area contributed by atoms with Crippen LogP contribution in [0, 0.1) is 5.92 Å². The largest absolute Gasteiger partial charge is 0.374 e. The third kappa shape index (κ3) is 4.22. The van der Waals surface area contributed by atoms with Gasteiger partial charge in [-0.1, -0.05) is 6.07 Å². The Balaban J connectivity index is 1.34. The quantitative estimate of drug-likeness (QED) is 0.648. The van der Waals surface area contributed by atoms with Crippen LogP contribution in [0.2, 0.25) is 0 Å². The highest BCUT2D eigenvalue weighted by atomic mass is 19.3. The Morgan fingerprint density at radius 1 is 1.25 bits per heavy atom. The topological polar surface area (TPSA) is 66.9 Å². The molecule has 2 aromatic rings. The molecule has 2 bridgehead atoms. The minimum atomic E-state index is -3.03. The van der Waals surface area contributed by atoms with Gasteiger partial charge in [0.05, 0.1) is 36.7 Å². The number of pyridine rings is 1. The van der Waals surface area contributed by atoms with Crippen LogP contribution in [0.3, 0.4) is 0 Å². The Bertz CT molecular complexity index is 1140. The molecule has 0 spiro atoms. The zero-order chi connectivity index (χ0) is 24.9. The van der Waals surface area contributed by atoms with Crippen LogP contribution in [0.1, 0.15) is 44.6 Å². The van der Waals surface area contributed by atoms with Gasteiger partial charge in [0, 0.05) is 42.9 Å². The van der Waals surface area contributed by atoms with Crippen LogP contribution in [-0.2, 0) is 20.8 Å². The molecule has 4 atom stereocenters. The number of ether oxygens (including phenoxy) is 2. The van der Waals surface area contributed by atoms with Crippen molar-refractivity contribution in [2.45, 2.75) is 69.7 Å². The Kier molecular flexibility index (Phi) is 6.08. The normalized spacial score (nSPS) is 28.6. The number of fused-ring (bicyclic) bond motifs is 5. The Morgan fingerprint density at radius 2 is 2.14 bits per heavy atom. The predicted molar refractivity (Wildman–Crippen MR) is 133 cm³/mol. The number of carbonyl (C=O) groups excluding carboxylic acids is 1. The number of anilines is 4. The first-order valence-corrected chi connectivity index (χ1v) is 13.0. The molecule has 1 N–H and O–H groups in total. The van der Waals surface area contributed by atoms with Crippen molar-refractivity contribution in [3.05, 3.63) is 42.1 Å². The van der Waals surface area contributed by atoms with E-state index in [0.717, 1.165) is 36.3 Å². The molecule has 192 valence electrons. The average Bonchev–Trinajstić information content (AvgIpc) is 3.06. The number of alkyl halides is 2. The van der Waals surface area contributed by atoms with Gasteiger partial charge in [0.25, 0.3) is 5.92 Å². The Labute approximate surface area is 209 Å². The number of rotatable bonds is 4. The van der Waals surface area contributed by atoms with Crippen molar-refractivity contribution in [3.63, 3.8) is 0 Å². The first kappa shape index (κ1) is 23.6. The fourth-order valence-electron chi connectivity index (χ4n) is 6.12. The third-order valence-electron chi connectivity index (χ3n) is 8.01. The van der Waals surface area contributed by atoms with Crippen LogP contribution in [0.15, 0.2) is 36.5 Å². The average molecular weight is 499 g/mol.